The summed E-state index contributed by atoms with van der Waals surface area (Å²) >= 11 is 0. The van der Waals surface area contributed by atoms with Crippen LogP contribution in [0, 0.1) is 12.8 Å². The number of benzene rings is 1. The van der Waals surface area contributed by atoms with Crippen molar-refractivity contribution in [2.45, 2.75) is 43.0 Å². The number of ether oxygens (including phenoxy) is 1. The molecule has 1 saturated heterocycles. The van der Waals surface area contributed by atoms with Crippen molar-refractivity contribution >= 4 is 10.1 Å². The Kier molecular flexibility index (Phi) is 5.66. The molecule has 0 unspecified atom stereocenters. The molecule has 1 aliphatic heterocycles. The zero-order valence-corrected chi connectivity index (χ0v) is 16.8. The summed E-state index contributed by atoms with van der Waals surface area (Å²) in [7, 11) is -3.68. The first kappa shape index (κ1) is 19.4. The summed E-state index contributed by atoms with van der Waals surface area (Å²) in [5.74, 6) is 1.64. The van der Waals surface area contributed by atoms with E-state index < -0.39 is 10.1 Å². The van der Waals surface area contributed by atoms with Gasteiger partial charge in [0.1, 0.15) is 12.4 Å². The number of rotatable bonds is 9. The lowest BCUT2D eigenvalue weighted by molar-refractivity contribution is 0.216. The van der Waals surface area contributed by atoms with Crippen LogP contribution in [0.2, 0.25) is 0 Å². The van der Waals surface area contributed by atoms with Gasteiger partial charge < -0.3 is 10.1 Å². The third kappa shape index (κ3) is 4.71. The van der Waals surface area contributed by atoms with Gasteiger partial charge in [-0.05, 0) is 68.3 Å². The molecule has 2 heterocycles. The number of hydrogen-bond acceptors (Lipinski definition) is 6. The first-order valence-corrected chi connectivity index (χ1v) is 11.2. The molecule has 0 radical (unpaired) electrons. The number of nitrogens with one attached hydrogen (secondary N) is 1. The van der Waals surface area contributed by atoms with E-state index in [4.69, 9.17) is 8.92 Å². The molecular weight excluding hydrogens is 376 g/mol. The van der Waals surface area contributed by atoms with E-state index in [0.717, 1.165) is 36.3 Å². The average Bonchev–Trinajstić information content (AvgIpc) is 3.40. The lowest BCUT2D eigenvalue weighted by Crippen LogP contribution is -2.46. The molecule has 7 heteroatoms. The monoisotopic (exact) mass is 402 g/mol. The van der Waals surface area contributed by atoms with Gasteiger partial charge in [-0.15, -0.1) is 0 Å². The fourth-order valence-electron chi connectivity index (χ4n) is 3.46. The van der Waals surface area contributed by atoms with Crippen LogP contribution in [-0.2, 0) is 14.3 Å². The molecule has 0 spiro atoms. The zero-order chi connectivity index (χ0) is 19.6. The first-order valence-electron chi connectivity index (χ1n) is 9.78. The summed E-state index contributed by atoms with van der Waals surface area (Å²) in [6.07, 6.45) is 6.53. The van der Waals surface area contributed by atoms with E-state index in [-0.39, 0.29) is 11.5 Å². The Bertz CT molecular complexity index is 910. The summed E-state index contributed by atoms with van der Waals surface area (Å²) < 4.78 is 35.5. The number of pyridine rings is 1. The van der Waals surface area contributed by atoms with Crippen LogP contribution in [0.5, 0.6) is 5.75 Å². The van der Waals surface area contributed by atoms with Crippen LogP contribution < -0.4 is 10.1 Å². The van der Waals surface area contributed by atoms with E-state index in [1.807, 2.05) is 13.1 Å². The molecule has 28 heavy (non-hydrogen) atoms. The van der Waals surface area contributed by atoms with Gasteiger partial charge in [-0.25, -0.2) is 0 Å². The van der Waals surface area contributed by atoms with Crippen LogP contribution in [0.25, 0.3) is 0 Å². The van der Waals surface area contributed by atoms with E-state index in [0.29, 0.717) is 30.9 Å². The van der Waals surface area contributed by atoms with Crippen molar-refractivity contribution in [3.63, 3.8) is 0 Å². The Balaban J connectivity index is 1.25. The Morgan fingerprint density at radius 3 is 2.71 bits per heavy atom. The second-order valence-electron chi connectivity index (χ2n) is 7.68. The molecule has 1 aliphatic carbocycles. The Labute approximate surface area is 166 Å². The third-order valence-corrected chi connectivity index (χ3v) is 6.83. The minimum atomic E-state index is -3.68. The summed E-state index contributed by atoms with van der Waals surface area (Å²) in [4.78, 5) is 4.50. The smallest absolute Gasteiger partial charge is 0.296 e. The number of nitrogens with zero attached hydrogens (tertiary/aromatic N) is 1. The maximum absolute atomic E-state index is 12.2. The lowest BCUT2D eigenvalue weighted by atomic mass is 10.1. The SMILES string of the molecule is Cc1ccc(S(=O)(=O)OCC[C@H]2C[C@@H]2c2cncc(OC[C@@H]3CCN3)c2)cc1. The molecule has 1 saturated carbocycles. The van der Waals surface area contributed by atoms with E-state index in [1.54, 1.807) is 30.5 Å². The van der Waals surface area contributed by atoms with Crippen molar-refractivity contribution in [2.24, 2.45) is 5.92 Å². The van der Waals surface area contributed by atoms with Gasteiger partial charge >= 0.3 is 0 Å². The summed E-state index contributed by atoms with van der Waals surface area (Å²) in [5, 5.41) is 3.31. The van der Waals surface area contributed by atoms with Crippen molar-refractivity contribution in [1.82, 2.24) is 10.3 Å². The molecule has 0 amide bonds. The largest absolute Gasteiger partial charge is 0.490 e. The minimum Gasteiger partial charge on any atom is -0.490 e. The minimum absolute atomic E-state index is 0.203. The van der Waals surface area contributed by atoms with Crippen LogP contribution in [0.3, 0.4) is 0 Å². The standard InChI is InChI=1S/C21H26N2O4S/c1-15-2-4-20(5-3-15)28(24,25)27-9-7-16-11-21(16)17-10-19(13-22-12-17)26-14-18-6-8-23-18/h2-5,10,12-13,16,18,21,23H,6-9,11,14H2,1H3/t16-,18-,21-/m0/s1. The van der Waals surface area contributed by atoms with Crippen molar-refractivity contribution in [3.8, 4) is 5.75 Å². The number of aromatic nitrogens is 1. The molecule has 1 N–H and O–H groups in total. The highest BCUT2D eigenvalue weighted by molar-refractivity contribution is 7.86. The van der Waals surface area contributed by atoms with Gasteiger partial charge in [0.15, 0.2) is 0 Å². The molecule has 6 nitrogen and oxygen atoms in total. The van der Waals surface area contributed by atoms with Gasteiger partial charge in [0.2, 0.25) is 0 Å². The summed E-state index contributed by atoms with van der Waals surface area (Å²) in [6, 6.07) is 9.22. The highest BCUT2D eigenvalue weighted by Gasteiger charge is 2.38. The predicted octanol–water partition coefficient (Wildman–Crippen LogP) is 3.03. The van der Waals surface area contributed by atoms with Crippen molar-refractivity contribution < 1.29 is 17.3 Å². The molecular formula is C21H26N2O4S. The maximum atomic E-state index is 12.2. The normalized spacial score (nSPS) is 23.8. The number of hydrogen-bond donors (Lipinski definition) is 1. The second-order valence-corrected chi connectivity index (χ2v) is 9.30. The highest BCUT2D eigenvalue weighted by atomic mass is 32.2. The van der Waals surface area contributed by atoms with E-state index in [2.05, 4.69) is 16.4 Å². The molecule has 150 valence electrons. The van der Waals surface area contributed by atoms with Gasteiger partial charge in [-0.2, -0.15) is 8.42 Å². The van der Waals surface area contributed by atoms with Gasteiger partial charge in [-0.3, -0.25) is 9.17 Å². The van der Waals surface area contributed by atoms with Crippen molar-refractivity contribution in [3.05, 3.63) is 53.9 Å². The van der Waals surface area contributed by atoms with Gasteiger partial charge in [-0.1, -0.05) is 17.7 Å². The molecule has 0 bridgehead atoms. The van der Waals surface area contributed by atoms with Gasteiger partial charge in [0, 0.05) is 12.2 Å². The molecule has 4 rings (SSSR count). The molecule has 3 atom stereocenters. The van der Waals surface area contributed by atoms with Gasteiger partial charge in [0.05, 0.1) is 17.7 Å². The topological polar surface area (TPSA) is 77.5 Å². The van der Waals surface area contributed by atoms with Crippen LogP contribution >= 0.6 is 0 Å². The highest BCUT2D eigenvalue weighted by Crippen LogP contribution is 2.49. The fourth-order valence-corrected chi connectivity index (χ4v) is 4.38. The van der Waals surface area contributed by atoms with Gasteiger partial charge in [0.25, 0.3) is 10.1 Å². The first-order chi connectivity index (χ1) is 13.5. The van der Waals surface area contributed by atoms with Crippen LogP contribution in [-0.4, -0.2) is 39.2 Å². The van der Waals surface area contributed by atoms with Crippen LogP contribution in [0.4, 0.5) is 0 Å². The molecule has 2 aromatic rings. The molecule has 1 aromatic heterocycles. The molecule has 1 aromatic carbocycles. The summed E-state index contributed by atoms with van der Waals surface area (Å²) in [5.41, 5.74) is 2.18. The van der Waals surface area contributed by atoms with Crippen LogP contribution in [0.15, 0.2) is 47.6 Å². The number of aryl methyl sites for hydroxylation is 1. The zero-order valence-electron chi connectivity index (χ0n) is 16.0. The lowest BCUT2D eigenvalue weighted by Gasteiger charge is -2.27. The van der Waals surface area contributed by atoms with Crippen molar-refractivity contribution in [2.75, 3.05) is 19.8 Å². The van der Waals surface area contributed by atoms with E-state index in [1.165, 1.54) is 0 Å². The molecule has 2 fully saturated rings. The fraction of sp³-hybridized carbons (Fsp3) is 0.476. The second kappa shape index (κ2) is 8.19. The Morgan fingerprint density at radius 2 is 2.00 bits per heavy atom. The Hall–Kier alpha value is -1.96. The van der Waals surface area contributed by atoms with E-state index >= 15 is 0 Å². The quantitative estimate of drug-likeness (QED) is 0.650. The third-order valence-electron chi connectivity index (χ3n) is 5.50. The molecule has 2 aliphatic rings. The summed E-state index contributed by atoms with van der Waals surface area (Å²) in [6.45, 7) is 3.86. The Morgan fingerprint density at radius 1 is 1.21 bits per heavy atom. The maximum Gasteiger partial charge on any atom is 0.296 e. The average molecular weight is 403 g/mol. The van der Waals surface area contributed by atoms with E-state index in [9.17, 15) is 8.42 Å². The van der Waals surface area contributed by atoms with Crippen molar-refractivity contribution in [1.29, 1.82) is 0 Å². The van der Waals surface area contributed by atoms with Crippen LogP contribution in [0.1, 0.15) is 36.3 Å². The predicted molar refractivity (Wildman–Crippen MR) is 106 cm³/mol.